The molecule has 0 radical (unpaired) electrons. The average Bonchev–Trinajstić information content (AvgIpc) is 2.79. The van der Waals surface area contributed by atoms with E-state index in [0.29, 0.717) is 25.1 Å². The van der Waals surface area contributed by atoms with Crippen molar-refractivity contribution >= 4 is 22.7 Å². The molecule has 0 aliphatic carbocycles. The number of hydrogen-bond acceptors (Lipinski definition) is 3. The highest BCUT2D eigenvalue weighted by Crippen LogP contribution is 2.18. The number of nitrogens with one attached hydrogen (secondary N) is 1. The molecule has 1 heterocycles. The molecule has 0 fully saturated rings. The number of benzene rings is 1. The van der Waals surface area contributed by atoms with E-state index in [4.69, 9.17) is 15.9 Å². The molecule has 0 saturated carbocycles. The Bertz CT molecular complexity index is 616. The molecule has 0 amide bonds. The van der Waals surface area contributed by atoms with Gasteiger partial charge in [-0.2, -0.15) is 0 Å². The fourth-order valence-corrected chi connectivity index (χ4v) is 2.01. The molecule has 1 aromatic carbocycles. The Morgan fingerprint density at radius 2 is 2.21 bits per heavy atom. The molecule has 0 aliphatic rings. The molecule has 0 bridgehead atoms. The van der Waals surface area contributed by atoms with E-state index < -0.39 is 0 Å². The van der Waals surface area contributed by atoms with E-state index in [0.717, 1.165) is 10.9 Å². The molecule has 2 aromatic rings. The second kappa shape index (κ2) is 5.56. The molecule has 5 heteroatoms. The van der Waals surface area contributed by atoms with Gasteiger partial charge >= 0.3 is 5.97 Å². The van der Waals surface area contributed by atoms with Crippen LogP contribution in [0.5, 0.6) is 0 Å². The van der Waals surface area contributed by atoms with Crippen LogP contribution < -0.4 is 5.73 Å². The van der Waals surface area contributed by atoms with Crippen molar-refractivity contribution in [3.63, 3.8) is 0 Å². The van der Waals surface area contributed by atoms with Crippen LogP contribution in [0.25, 0.3) is 10.9 Å². The summed E-state index contributed by atoms with van der Waals surface area (Å²) in [4.78, 5) is 11.3. The Balaban J connectivity index is 2.17. The SMILES string of the molecule is CCOC(=O)CCn1ccc2cc(C(=N)N)ccc21. The second-order valence-corrected chi connectivity index (χ2v) is 4.25. The molecule has 0 saturated heterocycles. The van der Waals surface area contributed by atoms with Crippen LogP contribution in [-0.2, 0) is 16.1 Å². The number of aromatic nitrogens is 1. The van der Waals surface area contributed by atoms with Crippen molar-refractivity contribution in [3.8, 4) is 0 Å². The Morgan fingerprint density at radius 1 is 1.42 bits per heavy atom. The Hall–Kier alpha value is -2.30. The standard InChI is InChI=1S/C14H17N3O2/c1-2-19-13(18)6-8-17-7-5-10-9-11(14(15)16)3-4-12(10)17/h3-5,7,9H,2,6,8H2,1H3,(H3,15,16). The van der Waals surface area contributed by atoms with Crippen LogP contribution in [0.3, 0.4) is 0 Å². The minimum Gasteiger partial charge on any atom is -0.466 e. The number of amidine groups is 1. The summed E-state index contributed by atoms with van der Waals surface area (Å²) in [5.41, 5.74) is 7.19. The van der Waals surface area contributed by atoms with Gasteiger partial charge in [-0.1, -0.05) is 0 Å². The van der Waals surface area contributed by atoms with Crippen LogP contribution in [0.1, 0.15) is 18.9 Å². The minimum absolute atomic E-state index is 0.0566. The van der Waals surface area contributed by atoms with Gasteiger partial charge in [0.1, 0.15) is 5.84 Å². The predicted octanol–water partition coefficient (Wildman–Crippen LogP) is 1.88. The number of aryl methyl sites for hydroxylation is 1. The summed E-state index contributed by atoms with van der Waals surface area (Å²) in [5, 5.41) is 8.42. The van der Waals surface area contributed by atoms with Gasteiger partial charge in [0.2, 0.25) is 0 Å². The first-order chi connectivity index (χ1) is 9.11. The van der Waals surface area contributed by atoms with Gasteiger partial charge in [-0.25, -0.2) is 0 Å². The van der Waals surface area contributed by atoms with Crippen LogP contribution in [-0.4, -0.2) is 23.0 Å². The van der Waals surface area contributed by atoms with Crippen molar-refractivity contribution in [2.75, 3.05) is 6.61 Å². The van der Waals surface area contributed by atoms with E-state index in [1.165, 1.54) is 0 Å². The number of nitrogens with zero attached hydrogens (tertiary/aromatic N) is 1. The fourth-order valence-electron chi connectivity index (χ4n) is 2.01. The van der Waals surface area contributed by atoms with Crippen LogP contribution in [0.2, 0.25) is 0 Å². The van der Waals surface area contributed by atoms with Crippen LogP contribution >= 0.6 is 0 Å². The smallest absolute Gasteiger partial charge is 0.307 e. The van der Waals surface area contributed by atoms with Gasteiger partial charge in [0, 0.05) is 29.2 Å². The molecule has 0 aliphatic heterocycles. The predicted molar refractivity (Wildman–Crippen MR) is 74.2 cm³/mol. The van der Waals surface area contributed by atoms with Crippen molar-refractivity contribution in [3.05, 3.63) is 36.0 Å². The molecular formula is C14H17N3O2. The Labute approximate surface area is 111 Å². The quantitative estimate of drug-likeness (QED) is 0.488. The third kappa shape index (κ3) is 2.93. The number of carbonyl (C=O) groups is 1. The number of fused-ring (bicyclic) bond motifs is 1. The van der Waals surface area contributed by atoms with Gasteiger partial charge in [0.15, 0.2) is 0 Å². The lowest BCUT2D eigenvalue weighted by Crippen LogP contribution is -2.11. The molecule has 100 valence electrons. The lowest BCUT2D eigenvalue weighted by atomic mass is 10.1. The molecule has 0 unspecified atom stereocenters. The summed E-state index contributed by atoms with van der Waals surface area (Å²) in [7, 11) is 0. The number of ether oxygens (including phenoxy) is 1. The molecule has 19 heavy (non-hydrogen) atoms. The first-order valence-corrected chi connectivity index (χ1v) is 6.20. The maximum Gasteiger partial charge on any atom is 0.307 e. The summed E-state index contributed by atoms with van der Waals surface area (Å²) >= 11 is 0. The summed E-state index contributed by atoms with van der Waals surface area (Å²) in [6, 6.07) is 7.55. The third-order valence-electron chi connectivity index (χ3n) is 2.94. The zero-order chi connectivity index (χ0) is 13.8. The summed E-state index contributed by atoms with van der Waals surface area (Å²) in [6.45, 7) is 2.79. The van der Waals surface area contributed by atoms with Crippen molar-refractivity contribution in [1.82, 2.24) is 4.57 Å². The highest BCUT2D eigenvalue weighted by Gasteiger charge is 2.06. The van der Waals surface area contributed by atoms with Crippen molar-refractivity contribution in [2.45, 2.75) is 19.9 Å². The van der Waals surface area contributed by atoms with Gasteiger partial charge in [-0.3, -0.25) is 10.2 Å². The van der Waals surface area contributed by atoms with Gasteiger partial charge in [0.25, 0.3) is 0 Å². The van der Waals surface area contributed by atoms with E-state index in [9.17, 15) is 4.79 Å². The second-order valence-electron chi connectivity index (χ2n) is 4.25. The third-order valence-corrected chi connectivity index (χ3v) is 2.94. The molecule has 2 rings (SSSR count). The highest BCUT2D eigenvalue weighted by molar-refractivity contribution is 5.98. The fraction of sp³-hybridized carbons (Fsp3) is 0.286. The lowest BCUT2D eigenvalue weighted by molar-refractivity contribution is -0.143. The van der Waals surface area contributed by atoms with E-state index in [-0.39, 0.29) is 11.8 Å². The monoisotopic (exact) mass is 259 g/mol. The lowest BCUT2D eigenvalue weighted by Gasteiger charge is -2.06. The Morgan fingerprint density at radius 3 is 2.89 bits per heavy atom. The first kappa shape index (κ1) is 13.1. The van der Waals surface area contributed by atoms with Gasteiger partial charge in [-0.15, -0.1) is 0 Å². The summed E-state index contributed by atoms with van der Waals surface area (Å²) in [5.74, 6) is -0.133. The normalized spacial score (nSPS) is 10.6. The zero-order valence-corrected chi connectivity index (χ0v) is 10.8. The molecule has 0 atom stereocenters. The average molecular weight is 259 g/mol. The number of carbonyl (C=O) groups excluding carboxylic acids is 1. The Kier molecular flexibility index (Phi) is 3.85. The van der Waals surface area contributed by atoms with Crippen molar-refractivity contribution in [2.24, 2.45) is 5.73 Å². The van der Waals surface area contributed by atoms with Crippen molar-refractivity contribution < 1.29 is 9.53 Å². The number of nitrogens with two attached hydrogens (primary N) is 1. The van der Waals surface area contributed by atoms with Crippen molar-refractivity contribution in [1.29, 1.82) is 5.41 Å². The molecule has 1 aromatic heterocycles. The topological polar surface area (TPSA) is 81.1 Å². The van der Waals surface area contributed by atoms with Gasteiger partial charge < -0.3 is 15.0 Å². The summed E-state index contributed by atoms with van der Waals surface area (Å²) < 4.78 is 6.90. The zero-order valence-electron chi connectivity index (χ0n) is 10.8. The maximum absolute atomic E-state index is 11.3. The van der Waals surface area contributed by atoms with E-state index >= 15 is 0 Å². The molecule has 5 nitrogen and oxygen atoms in total. The number of esters is 1. The molecule has 0 spiro atoms. The van der Waals surface area contributed by atoms with E-state index in [2.05, 4.69) is 0 Å². The number of rotatable bonds is 5. The number of nitrogen functional groups attached to an aromatic ring is 1. The molecule has 3 N–H and O–H groups in total. The van der Waals surface area contributed by atoms with Gasteiger partial charge in [-0.05, 0) is 31.2 Å². The summed E-state index contributed by atoms with van der Waals surface area (Å²) in [6.07, 6.45) is 2.28. The van der Waals surface area contributed by atoms with E-state index in [1.807, 2.05) is 35.0 Å². The largest absolute Gasteiger partial charge is 0.466 e. The number of hydrogen-bond donors (Lipinski definition) is 2. The molecular weight excluding hydrogens is 242 g/mol. The minimum atomic E-state index is -0.190. The maximum atomic E-state index is 11.3. The highest BCUT2D eigenvalue weighted by atomic mass is 16.5. The van der Waals surface area contributed by atoms with Crippen LogP contribution in [0.4, 0.5) is 0 Å². The van der Waals surface area contributed by atoms with E-state index in [1.54, 1.807) is 6.92 Å². The van der Waals surface area contributed by atoms with Crippen LogP contribution in [0, 0.1) is 5.41 Å². The van der Waals surface area contributed by atoms with Crippen LogP contribution in [0.15, 0.2) is 30.5 Å². The first-order valence-electron chi connectivity index (χ1n) is 6.20. The van der Waals surface area contributed by atoms with Gasteiger partial charge in [0.05, 0.1) is 13.0 Å².